The van der Waals surface area contributed by atoms with Crippen LogP contribution in [0.5, 0.6) is 0 Å². The Morgan fingerprint density at radius 1 is 1.17 bits per heavy atom. The molecule has 0 aliphatic carbocycles. The van der Waals surface area contributed by atoms with Gasteiger partial charge in [0.2, 0.25) is 0 Å². The van der Waals surface area contributed by atoms with Gasteiger partial charge in [-0.1, -0.05) is 0 Å². The number of nitrogens with one attached hydrogen (secondary N) is 1. The van der Waals surface area contributed by atoms with Gasteiger partial charge in [-0.2, -0.15) is 0 Å². The Kier molecular flexibility index (Phi) is 3.76. The predicted octanol–water partition coefficient (Wildman–Crippen LogP) is 2.72. The van der Waals surface area contributed by atoms with Crippen molar-refractivity contribution in [2.45, 2.75) is 13.8 Å². The third-order valence-corrected chi connectivity index (χ3v) is 3.55. The van der Waals surface area contributed by atoms with Crippen molar-refractivity contribution in [3.8, 4) is 5.82 Å². The minimum absolute atomic E-state index is 0.202. The SMILES string of the molecule is Cc1cc(Nc2ccc(-n3ccnc3)nn2)c(C(=O)O)cc1C. The van der Waals surface area contributed by atoms with Crippen LogP contribution in [0.3, 0.4) is 0 Å². The fourth-order valence-corrected chi connectivity index (χ4v) is 2.16. The van der Waals surface area contributed by atoms with Crippen molar-refractivity contribution in [3.05, 3.63) is 59.7 Å². The molecule has 2 aromatic heterocycles. The Morgan fingerprint density at radius 2 is 1.96 bits per heavy atom. The van der Waals surface area contributed by atoms with Gasteiger partial charge in [-0.3, -0.25) is 4.57 Å². The average molecular weight is 309 g/mol. The number of carbonyl (C=O) groups is 1. The number of aromatic carboxylic acids is 1. The van der Waals surface area contributed by atoms with Crippen LogP contribution in [0.15, 0.2) is 43.0 Å². The molecule has 23 heavy (non-hydrogen) atoms. The first-order chi connectivity index (χ1) is 11.0. The van der Waals surface area contributed by atoms with Crippen LogP contribution in [0.1, 0.15) is 21.5 Å². The number of carboxylic acid groups (broad SMARTS) is 1. The summed E-state index contributed by atoms with van der Waals surface area (Å²) in [5.74, 6) is 0.116. The van der Waals surface area contributed by atoms with E-state index in [4.69, 9.17) is 0 Å². The highest BCUT2D eigenvalue weighted by Gasteiger charge is 2.13. The van der Waals surface area contributed by atoms with Crippen LogP contribution in [0.4, 0.5) is 11.5 Å². The maximum absolute atomic E-state index is 11.4. The molecule has 7 heteroatoms. The van der Waals surface area contributed by atoms with Crippen molar-refractivity contribution in [2.75, 3.05) is 5.32 Å². The Labute approximate surface area is 132 Å². The third kappa shape index (κ3) is 3.03. The topological polar surface area (TPSA) is 92.9 Å². The van der Waals surface area contributed by atoms with Crippen LogP contribution in [-0.2, 0) is 0 Å². The van der Waals surface area contributed by atoms with Crippen LogP contribution in [-0.4, -0.2) is 30.8 Å². The molecule has 0 fully saturated rings. The number of benzene rings is 1. The predicted molar refractivity (Wildman–Crippen MR) is 85.3 cm³/mol. The van der Waals surface area contributed by atoms with Crippen molar-refractivity contribution >= 4 is 17.5 Å². The van der Waals surface area contributed by atoms with Crippen LogP contribution in [0.25, 0.3) is 5.82 Å². The van der Waals surface area contributed by atoms with E-state index in [0.717, 1.165) is 11.1 Å². The van der Waals surface area contributed by atoms with E-state index in [0.29, 0.717) is 17.3 Å². The fraction of sp³-hybridized carbons (Fsp3) is 0.125. The molecule has 0 bridgehead atoms. The summed E-state index contributed by atoms with van der Waals surface area (Å²) >= 11 is 0. The quantitative estimate of drug-likeness (QED) is 0.769. The smallest absolute Gasteiger partial charge is 0.337 e. The van der Waals surface area contributed by atoms with Gasteiger partial charge in [0.15, 0.2) is 11.6 Å². The molecule has 0 unspecified atom stereocenters. The molecule has 116 valence electrons. The first-order valence-electron chi connectivity index (χ1n) is 6.98. The minimum atomic E-state index is -0.987. The zero-order valence-electron chi connectivity index (χ0n) is 12.7. The lowest BCUT2D eigenvalue weighted by Crippen LogP contribution is -2.06. The second kappa shape index (κ2) is 5.88. The highest BCUT2D eigenvalue weighted by atomic mass is 16.4. The molecule has 1 aromatic carbocycles. The molecular weight excluding hydrogens is 294 g/mol. The number of carboxylic acids is 1. The zero-order chi connectivity index (χ0) is 16.4. The molecule has 0 aliphatic rings. The van der Waals surface area contributed by atoms with Gasteiger partial charge in [0.25, 0.3) is 0 Å². The van der Waals surface area contributed by atoms with Gasteiger partial charge >= 0.3 is 5.97 Å². The second-order valence-electron chi connectivity index (χ2n) is 5.16. The maximum atomic E-state index is 11.4. The highest BCUT2D eigenvalue weighted by molar-refractivity contribution is 5.95. The van der Waals surface area contributed by atoms with E-state index >= 15 is 0 Å². The lowest BCUT2D eigenvalue weighted by Gasteiger charge is -2.12. The van der Waals surface area contributed by atoms with Crippen LogP contribution >= 0.6 is 0 Å². The summed E-state index contributed by atoms with van der Waals surface area (Å²) in [7, 11) is 0. The van der Waals surface area contributed by atoms with Crippen molar-refractivity contribution in [1.82, 2.24) is 19.7 Å². The van der Waals surface area contributed by atoms with Gasteiger partial charge in [-0.25, -0.2) is 9.78 Å². The van der Waals surface area contributed by atoms with Crippen molar-refractivity contribution < 1.29 is 9.90 Å². The first kappa shape index (κ1) is 14.7. The first-order valence-corrected chi connectivity index (χ1v) is 6.98. The van der Waals surface area contributed by atoms with Gasteiger partial charge in [-0.15, -0.1) is 10.2 Å². The highest BCUT2D eigenvalue weighted by Crippen LogP contribution is 2.24. The largest absolute Gasteiger partial charge is 0.478 e. The summed E-state index contributed by atoms with van der Waals surface area (Å²) in [6.07, 6.45) is 5.05. The third-order valence-electron chi connectivity index (χ3n) is 3.55. The van der Waals surface area contributed by atoms with Crippen molar-refractivity contribution in [3.63, 3.8) is 0 Å². The van der Waals surface area contributed by atoms with Gasteiger partial charge < -0.3 is 10.4 Å². The molecule has 0 radical (unpaired) electrons. The number of anilines is 2. The molecule has 0 amide bonds. The van der Waals surface area contributed by atoms with E-state index in [1.54, 1.807) is 47.6 Å². The molecule has 0 saturated carbocycles. The number of rotatable bonds is 4. The van der Waals surface area contributed by atoms with Gasteiger partial charge in [0.05, 0.1) is 11.3 Å². The Balaban J connectivity index is 1.90. The summed E-state index contributed by atoms with van der Waals surface area (Å²) < 4.78 is 1.73. The molecular formula is C16H15N5O2. The summed E-state index contributed by atoms with van der Waals surface area (Å²) in [6, 6.07) is 6.96. The monoisotopic (exact) mass is 309 g/mol. The number of hydrogen-bond acceptors (Lipinski definition) is 5. The summed E-state index contributed by atoms with van der Waals surface area (Å²) in [5.41, 5.74) is 2.62. The standard InChI is InChI=1S/C16H15N5O2/c1-10-7-12(16(22)23)13(8-11(10)2)18-14-3-4-15(20-19-14)21-6-5-17-9-21/h3-9H,1-2H3,(H,18,19)(H,22,23). The average Bonchev–Trinajstić information content (AvgIpc) is 3.05. The summed E-state index contributed by atoms with van der Waals surface area (Å²) in [4.78, 5) is 15.4. The molecule has 0 aliphatic heterocycles. The molecule has 3 aromatic rings. The normalized spacial score (nSPS) is 10.5. The van der Waals surface area contributed by atoms with E-state index in [9.17, 15) is 9.90 Å². The summed E-state index contributed by atoms with van der Waals surface area (Å²) in [5, 5.41) is 20.5. The Bertz CT molecular complexity index is 842. The molecule has 2 heterocycles. The van der Waals surface area contributed by atoms with E-state index in [1.165, 1.54) is 0 Å². The molecule has 0 atom stereocenters. The minimum Gasteiger partial charge on any atom is -0.478 e. The zero-order valence-corrected chi connectivity index (χ0v) is 12.7. The lowest BCUT2D eigenvalue weighted by molar-refractivity contribution is 0.0698. The van der Waals surface area contributed by atoms with Crippen molar-refractivity contribution in [2.24, 2.45) is 0 Å². The van der Waals surface area contributed by atoms with Gasteiger partial charge in [0.1, 0.15) is 6.33 Å². The summed E-state index contributed by atoms with van der Waals surface area (Å²) in [6.45, 7) is 3.81. The van der Waals surface area contributed by atoms with Gasteiger partial charge in [0, 0.05) is 12.4 Å². The van der Waals surface area contributed by atoms with E-state index < -0.39 is 5.97 Å². The van der Waals surface area contributed by atoms with Crippen LogP contribution in [0, 0.1) is 13.8 Å². The van der Waals surface area contributed by atoms with Crippen molar-refractivity contribution in [1.29, 1.82) is 0 Å². The number of nitrogens with zero attached hydrogens (tertiary/aromatic N) is 4. The molecule has 2 N–H and O–H groups in total. The van der Waals surface area contributed by atoms with Crippen LogP contribution in [0.2, 0.25) is 0 Å². The Hall–Kier alpha value is -3.22. The molecule has 7 nitrogen and oxygen atoms in total. The molecule has 0 spiro atoms. The second-order valence-corrected chi connectivity index (χ2v) is 5.16. The van der Waals surface area contributed by atoms with E-state index in [2.05, 4.69) is 20.5 Å². The molecule has 3 rings (SSSR count). The number of hydrogen-bond donors (Lipinski definition) is 2. The van der Waals surface area contributed by atoms with Gasteiger partial charge in [-0.05, 0) is 49.2 Å². The van der Waals surface area contributed by atoms with Crippen LogP contribution < -0.4 is 5.32 Å². The number of aryl methyl sites for hydroxylation is 2. The lowest BCUT2D eigenvalue weighted by atomic mass is 10.0. The van der Waals surface area contributed by atoms with E-state index in [1.807, 2.05) is 13.8 Å². The molecule has 0 saturated heterocycles. The Morgan fingerprint density at radius 3 is 2.57 bits per heavy atom. The number of imidazole rings is 1. The fourth-order valence-electron chi connectivity index (χ4n) is 2.16. The maximum Gasteiger partial charge on any atom is 0.337 e. The number of aromatic nitrogens is 4. The van der Waals surface area contributed by atoms with E-state index in [-0.39, 0.29) is 5.56 Å².